The van der Waals surface area contributed by atoms with E-state index in [2.05, 4.69) is 31.0 Å². The molecule has 0 spiro atoms. The van der Waals surface area contributed by atoms with Gasteiger partial charge >= 0.3 is 0 Å². The number of rotatable bonds is 4. The van der Waals surface area contributed by atoms with Gasteiger partial charge in [0, 0.05) is 22.4 Å². The second-order valence-electron chi connectivity index (χ2n) is 9.59. The number of H-pyrrole nitrogens is 1. The van der Waals surface area contributed by atoms with Crippen molar-refractivity contribution in [3.63, 3.8) is 0 Å². The number of aromatic amines is 1. The molecule has 2 unspecified atom stereocenters. The van der Waals surface area contributed by atoms with Crippen molar-refractivity contribution in [2.24, 2.45) is 11.7 Å². The van der Waals surface area contributed by atoms with Gasteiger partial charge in [-0.3, -0.25) is 14.8 Å². The van der Waals surface area contributed by atoms with Crippen molar-refractivity contribution >= 4 is 11.6 Å². The summed E-state index contributed by atoms with van der Waals surface area (Å²) in [6.07, 6.45) is 8.46. The van der Waals surface area contributed by atoms with Crippen LogP contribution in [0.25, 0.3) is 0 Å². The molecule has 160 valence electrons. The molecule has 2 heterocycles. The Kier molecular flexibility index (Phi) is 5.45. The molecule has 2 atom stereocenters. The molecule has 2 aliphatic rings. The zero-order valence-corrected chi connectivity index (χ0v) is 18.1. The molecular weight excluding hydrogens is 376 g/mol. The molecule has 1 aliphatic heterocycles. The van der Waals surface area contributed by atoms with E-state index < -0.39 is 0 Å². The number of carbonyl (C=O) groups excluding carboxylic acids is 1. The standard InChI is InChI=1S/C24H32N4O2/c1-24(2,3)22-19-20(26-27-22)23(30)28(21(19)16-7-5-4-6-8-16)17-11-9-15(10-12-17)18(25)13-14-29/h9-14,16,18,21,29H,4-8,25H2,1-3H3,(H,26,27)/b14-13-. The van der Waals surface area contributed by atoms with Gasteiger partial charge in [0.2, 0.25) is 0 Å². The predicted molar refractivity (Wildman–Crippen MR) is 119 cm³/mol. The summed E-state index contributed by atoms with van der Waals surface area (Å²) < 4.78 is 0. The number of hydrogen-bond donors (Lipinski definition) is 3. The first-order valence-corrected chi connectivity index (χ1v) is 10.9. The Balaban J connectivity index is 1.76. The van der Waals surface area contributed by atoms with E-state index in [4.69, 9.17) is 10.8 Å². The first-order valence-electron chi connectivity index (χ1n) is 10.9. The van der Waals surface area contributed by atoms with Crippen LogP contribution in [0.2, 0.25) is 0 Å². The van der Waals surface area contributed by atoms with Gasteiger partial charge in [-0.1, -0.05) is 52.2 Å². The van der Waals surface area contributed by atoms with E-state index in [0.717, 1.165) is 41.6 Å². The second-order valence-corrected chi connectivity index (χ2v) is 9.59. The molecule has 1 saturated carbocycles. The lowest BCUT2D eigenvalue weighted by molar-refractivity contribution is 0.0977. The molecule has 1 amide bonds. The lowest BCUT2D eigenvalue weighted by Crippen LogP contribution is -2.34. The number of nitrogens with zero attached hydrogens (tertiary/aromatic N) is 2. The van der Waals surface area contributed by atoms with Crippen LogP contribution in [0.15, 0.2) is 36.6 Å². The molecule has 1 fully saturated rings. The van der Waals surface area contributed by atoms with E-state index in [1.54, 1.807) is 0 Å². The van der Waals surface area contributed by atoms with Crippen molar-refractivity contribution in [1.29, 1.82) is 0 Å². The van der Waals surface area contributed by atoms with E-state index in [-0.39, 0.29) is 23.4 Å². The number of aliphatic hydroxyl groups excluding tert-OH is 1. The number of benzene rings is 1. The van der Waals surface area contributed by atoms with Crippen molar-refractivity contribution in [2.75, 3.05) is 4.90 Å². The number of fused-ring (bicyclic) bond motifs is 1. The smallest absolute Gasteiger partial charge is 0.279 e. The van der Waals surface area contributed by atoms with Gasteiger partial charge < -0.3 is 10.8 Å². The average molecular weight is 409 g/mol. The predicted octanol–water partition coefficient (Wildman–Crippen LogP) is 5.06. The van der Waals surface area contributed by atoms with Crippen LogP contribution in [0.5, 0.6) is 0 Å². The highest BCUT2D eigenvalue weighted by atomic mass is 16.2. The molecule has 1 aromatic heterocycles. The van der Waals surface area contributed by atoms with E-state index in [1.165, 1.54) is 25.3 Å². The fraction of sp³-hybridized carbons (Fsp3) is 0.500. The van der Waals surface area contributed by atoms with Crippen molar-refractivity contribution in [3.8, 4) is 0 Å². The maximum absolute atomic E-state index is 13.5. The monoisotopic (exact) mass is 408 g/mol. The second kappa shape index (κ2) is 7.91. The number of anilines is 1. The minimum atomic E-state index is -0.379. The molecule has 4 N–H and O–H groups in total. The molecule has 6 nitrogen and oxygen atoms in total. The van der Waals surface area contributed by atoms with Crippen LogP contribution in [0.1, 0.15) is 92.3 Å². The van der Waals surface area contributed by atoms with Crippen LogP contribution in [0.4, 0.5) is 5.69 Å². The Labute approximate surface area is 178 Å². The SMILES string of the molecule is CC(C)(C)c1[nH]nc2c1C(C1CCCCC1)N(c1ccc(C(N)/C=C\O)cc1)C2=O. The van der Waals surface area contributed by atoms with Crippen LogP contribution in [-0.4, -0.2) is 21.2 Å². The Morgan fingerprint density at radius 3 is 2.47 bits per heavy atom. The molecule has 0 saturated heterocycles. The van der Waals surface area contributed by atoms with Gasteiger partial charge in [-0.15, -0.1) is 0 Å². The summed E-state index contributed by atoms with van der Waals surface area (Å²) in [5.74, 6) is 0.404. The highest BCUT2D eigenvalue weighted by Gasteiger charge is 2.47. The zero-order valence-electron chi connectivity index (χ0n) is 18.1. The van der Waals surface area contributed by atoms with E-state index in [9.17, 15) is 4.79 Å². The van der Waals surface area contributed by atoms with Gasteiger partial charge in [-0.05, 0) is 42.5 Å². The topological polar surface area (TPSA) is 95.2 Å². The number of nitrogens with two attached hydrogens (primary N) is 1. The molecule has 0 bridgehead atoms. The van der Waals surface area contributed by atoms with Gasteiger partial charge in [0.05, 0.1) is 18.3 Å². The van der Waals surface area contributed by atoms with Crippen molar-refractivity contribution in [1.82, 2.24) is 10.2 Å². The zero-order chi connectivity index (χ0) is 21.5. The highest BCUT2D eigenvalue weighted by Crippen LogP contribution is 2.48. The van der Waals surface area contributed by atoms with Crippen LogP contribution in [0.3, 0.4) is 0 Å². The molecule has 0 radical (unpaired) electrons. The first-order chi connectivity index (χ1) is 14.3. The van der Waals surface area contributed by atoms with Gasteiger partial charge in [0.25, 0.3) is 5.91 Å². The summed E-state index contributed by atoms with van der Waals surface area (Å²) in [7, 11) is 0. The Morgan fingerprint density at radius 2 is 1.87 bits per heavy atom. The van der Waals surface area contributed by atoms with Crippen LogP contribution in [-0.2, 0) is 5.41 Å². The molecule has 30 heavy (non-hydrogen) atoms. The summed E-state index contributed by atoms with van der Waals surface area (Å²) in [6, 6.07) is 7.41. The maximum Gasteiger partial charge on any atom is 0.279 e. The number of hydrogen-bond acceptors (Lipinski definition) is 4. The fourth-order valence-corrected chi connectivity index (χ4v) is 4.98. The summed E-state index contributed by atoms with van der Waals surface area (Å²) in [5.41, 5.74) is 10.4. The Morgan fingerprint density at radius 1 is 1.20 bits per heavy atom. The third-order valence-corrected chi connectivity index (χ3v) is 6.50. The molecular formula is C24H32N4O2. The lowest BCUT2D eigenvalue weighted by atomic mass is 9.78. The number of carbonyl (C=O) groups is 1. The quantitative estimate of drug-likeness (QED) is 0.616. The minimum absolute atomic E-state index is 0.0117. The molecule has 4 rings (SSSR count). The average Bonchev–Trinajstić information content (AvgIpc) is 3.28. The number of aromatic nitrogens is 2. The van der Waals surface area contributed by atoms with Gasteiger partial charge in [-0.2, -0.15) is 5.10 Å². The number of amides is 1. The van der Waals surface area contributed by atoms with Gasteiger partial charge in [-0.25, -0.2) is 0 Å². The summed E-state index contributed by atoms with van der Waals surface area (Å²) in [5, 5.41) is 16.6. The van der Waals surface area contributed by atoms with Crippen LogP contribution >= 0.6 is 0 Å². The summed E-state index contributed by atoms with van der Waals surface area (Å²) in [4.78, 5) is 15.4. The summed E-state index contributed by atoms with van der Waals surface area (Å²) >= 11 is 0. The van der Waals surface area contributed by atoms with Crippen LogP contribution in [0, 0.1) is 5.92 Å². The fourth-order valence-electron chi connectivity index (χ4n) is 4.98. The largest absolute Gasteiger partial charge is 0.516 e. The third kappa shape index (κ3) is 3.54. The minimum Gasteiger partial charge on any atom is -0.516 e. The number of nitrogens with one attached hydrogen (secondary N) is 1. The first kappa shape index (κ1) is 20.7. The molecule has 1 aromatic carbocycles. The lowest BCUT2D eigenvalue weighted by Gasteiger charge is -2.36. The van der Waals surface area contributed by atoms with Crippen LogP contribution < -0.4 is 10.6 Å². The summed E-state index contributed by atoms with van der Waals surface area (Å²) in [6.45, 7) is 6.49. The van der Waals surface area contributed by atoms with Crippen molar-refractivity contribution < 1.29 is 9.90 Å². The molecule has 6 heteroatoms. The normalized spacial score (nSPS) is 21.4. The van der Waals surface area contributed by atoms with E-state index >= 15 is 0 Å². The molecule has 1 aliphatic carbocycles. The van der Waals surface area contributed by atoms with Crippen molar-refractivity contribution in [3.05, 3.63) is 59.1 Å². The van der Waals surface area contributed by atoms with E-state index in [1.807, 2.05) is 29.2 Å². The molecule has 2 aromatic rings. The Hall–Kier alpha value is -2.60. The van der Waals surface area contributed by atoms with Gasteiger partial charge in [0.15, 0.2) is 5.69 Å². The van der Waals surface area contributed by atoms with E-state index in [0.29, 0.717) is 11.6 Å². The Bertz CT molecular complexity index is 933. The van der Waals surface area contributed by atoms with Crippen molar-refractivity contribution in [2.45, 2.75) is 70.4 Å². The third-order valence-electron chi connectivity index (χ3n) is 6.50. The van der Waals surface area contributed by atoms with Gasteiger partial charge in [0.1, 0.15) is 0 Å². The number of aliphatic hydroxyl groups is 1. The highest BCUT2D eigenvalue weighted by molar-refractivity contribution is 6.10. The maximum atomic E-state index is 13.5.